The first kappa shape index (κ1) is 11.5. The minimum atomic E-state index is 0. The second-order valence-electron chi connectivity index (χ2n) is 3.09. The van der Waals surface area contributed by atoms with Crippen molar-refractivity contribution in [2.24, 2.45) is 7.05 Å². The molecule has 0 N–H and O–H groups in total. The summed E-state index contributed by atoms with van der Waals surface area (Å²) in [5.41, 5.74) is 0. The van der Waals surface area contributed by atoms with Gasteiger partial charge < -0.3 is 4.57 Å². The van der Waals surface area contributed by atoms with Gasteiger partial charge in [-0.1, -0.05) is 20.3 Å². The van der Waals surface area contributed by atoms with Gasteiger partial charge in [-0.2, -0.15) is 0 Å². The molecule has 70 valence electrons. The Balaban J connectivity index is 0.00000121. The molecule has 0 aliphatic carbocycles. The highest BCUT2D eigenvalue weighted by Crippen LogP contribution is 2.17. The van der Waals surface area contributed by atoms with Crippen molar-refractivity contribution in [1.29, 1.82) is 0 Å². The lowest BCUT2D eigenvalue weighted by Crippen LogP contribution is -2.01. The fourth-order valence-electron chi connectivity index (χ4n) is 1.41. The van der Waals surface area contributed by atoms with Gasteiger partial charge in [-0.05, 0) is 6.42 Å². The molecule has 0 radical (unpaired) electrons. The van der Waals surface area contributed by atoms with Gasteiger partial charge in [-0.3, -0.25) is 0 Å². The summed E-state index contributed by atoms with van der Waals surface area (Å²) in [7, 11) is 2.05. The van der Waals surface area contributed by atoms with E-state index in [0.717, 1.165) is 0 Å². The molecule has 0 aliphatic heterocycles. The van der Waals surface area contributed by atoms with Gasteiger partial charge in [0.15, 0.2) is 0 Å². The van der Waals surface area contributed by atoms with Gasteiger partial charge >= 0.3 is 0 Å². The summed E-state index contributed by atoms with van der Waals surface area (Å²) in [5.74, 6) is 1.80. The largest absolute Gasteiger partial charge is 0.338 e. The van der Waals surface area contributed by atoms with Crippen LogP contribution in [-0.4, -0.2) is 9.55 Å². The Morgan fingerprint density at radius 1 is 1.58 bits per heavy atom. The van der Waals surface area contributed by atoms with E-state index in [4.69, 9.17) is 0 Å². The van der Waals surface area contributed by atoms with Crippen LogP contribution in [-0.2, 0) is 7.05 Å². The molecule has 0 spiro atoms. The maximum absolute atomic E-state index is 4.30. The lowest BCUT2D eigenvalue weighted by molar-refractivity contribution is 0.602. The Hall–Kier alpha value is -0.500. The molecule has 0 aromatic carbocycles. The quantitative estimate of drug-likeness (QED) is 0.714. The van der Waals surface area contributed by atoms with Crippen molar-refractivity contribution in [1.82, 2.24) is 9.55 Å². The van der Waals surface area contributed by atoms with Crippen LogP contribution in [0.5, 0.6) is 0 Å². The minimum Gasteiger partial charge on any atom is -0.338 e. The molecule has 2 nitrogen and oxygen atoms in total. The van der Waals surface area contributed by atoms with Crippen molar-refractivity contribution in [3.05, 3.63) is 18.2 Å². The van der Waals surface area contributed by atoms with Crippen LogP contribution in [0.2, 0.25) is 0 Å². The first-order valence-electron chi connectivity index (χ1n) is 4.23. The van der Waals surface area contributed by atoms with E-state index < -0.39 is 0 Å². The van der Waals surface area contributed by atoms with Crippen molar-refractivity contribution in [3.63, 3.8) is 0 Å². The average molecular weight is 189 g/mol. The third kappa shape index (κ3) is 2.52. The molecule has 1 aromatic rings. The highest BCUT2D eigenvalue weighted by atomic mass is 35.5. The molecule has 0 amide bonds. The number of halogens is 1. The molecule has 1 atom stereocenters. The monoisotopic (exact) mass is 188 g/mol. The molecule has 0 saturated carbocycles. The zero-order valence-electron chi connectivity index (χ0n) is 7.95. The summed E-state index contributed by atoms with van der Waals surface area (Å²) >= 11 is 0. The fraction of sp³-hybridized carbons (Fsp3) is 0.667. The number of hydrogen-bond donors (Lipinski definition) is 0. The molecule has 12 heavy (non-hydrogen) atoms. The highest BCUT2D eigenvalue weighted by molar-refractivity contribution is 5.85. The Bertz CT molecular complexity index is 220. The van der Waals surface area contributed by atoms with Gasteiger partial charge in [0.1, 0.15) is 5.82 Å². The third-order valence-corrected chi connectivity index (χ3v) is 2.02. The van der Waals surface area contributed by atoms with Crippen molar-refractivity contribution in [2.75, 3.05) is 0 Å². The van der Waals surface area contributed by atoms with Gasteiger partial charge in [-0.25, -0.2) is 4.98 Å². The van der Waals surface area contributed by atoms with Crippen LogP contribution in [0, 0.1) is 0 Å². The number of aryl methyl sites for hydroxylation is 1. The molecular formula is C9H17ClN2. The van der Waals surface area contributed by atoms with E-state index in [1.165, 1.54) is 18.7 Å². The van der Waals surface area contributed by atoms with E-state index in [0.29, 0.717) is 5.92 Å². The first-order chi connectivity index (χ1) is 5.25. The van der Waals surface area contributed by atoms with E-state index in [1.54, 1.807) is 0 Å². The van der Waals surface area contributed by atoms with Gasteiger partial charge in [0.25, 0.3) is 0 Å². The van der Waals surface area contributed by atoms with E-state index >= 15 is 0 Å². The summed E-state index contributed by atoms with van der Waals surface area (Å²) in [6, 6.07) is 0. The summed E-state index contributed by atoms with van der Waals surface area (Å²) < 4.78 is 2.10. The third-order valence-electron chi connectivity index (χ3n) is 2.02. The molecule has 0 aliphatic rings. The lowest BCUT2D eigenvalue weighted by atomic mass is 10.1. The molecular weight excluding hydrogens is 172 g/mol. The van der Waals surface area contributed by atoms with Gasteiger partial charge in [0.05, 0.1) is 0 Å². The topological polar surface area (TPSA) is 17.8 Å². The Morgan fingerprint density at radius 3 is 2.67 bits per heavy atom. The average Bonchev–Trinajstić information content (AvgIpc) is 2.36. The van der Waals surface area contributed by atoms with Gasteiger partial charge in [0.2, 0.25) is 0 Å². The predicted octanol–water partition coefficient (Wildman–Crippen LogP) is 2.75. The number of aromatic nitrogens is 2. The highest BCUT2D eigenvalue weighted by Gasteiger charge is 2.07. The van der Waals surface area contributed by atoms with E-state index in [2.05, 4.69) is 30.4 Å². The van der Waals surface area contributed by atoms with Crippen molar-refractivity contribution in [2.45, 2.75) is 32.6 Å². The van der Waals surface area contributed by atoms with Crippen LogP contribution in [0.3, 0.4) is 0 Å². The maximum Gasteiger partial charge on any atom is 0.111 e. The van der Waals surface area contributed by atoms with Gasteiger partial charge in [-0.15, -0.1) is 12.4 Å². The second kappa shape index (κ2) is 5.20. The van der Waals surface area contributed by atoms with Crippen molar-refractivity contribution in [3.8, 4) is 0 Å². The molecule has 1 heterocycles. The molecule has 1 aromatic heterocycles. The summed E-state index contributed by atoms with van der Waals surface area (Å²) in [6.45, 7) is 4.44. The van der Waals surface area contributed by atoms with E-state index in [1.807, 2.05) is 12.4 Å². The molecule has 1 rings (SSSR count). The van der Waals surface area contributed by atoms with Crippen LogP contribution in [0.15, 0.2) is 12.4 Å². The van der Waals surface area contributed by atoms with Crippen molar-refractivity contribution >= 4 is 12.4 Å². The van der Waals surface area contributed by atoms with Crippen LogP contribution in [0.4, 0.5) is 0 Å². The lowest BCUT2D eigenvalue weighted by Gasteiger charge is -2.08. The van der Waals surface area contributed by atoms with E-state index in [-0.39, 0.29) is 12.4 Å². The minimum absolute atomic E-state index is 0. The van der Waals surface area contributed by atoms with Crippen LogP contribution in [0.25, 0.3) is 0 Å². The molecule has 0 saturated heterocycles. The van der Waals surface area contributed by atoms with Crippen LogP contribution in [0.1, 0.15) is 38.4 Å². The Morgan fingerprint density at radius 2 is 2.25 bits per heavy atom. The van der Waals surface area contributed by atoms with Crippen molar-refractivity contribution < 1.29 is 0 Å². The van der Waals surface area contributed by atoms with Gasteiger partial charge in [0, 0.05) is 25.4 Å². The number of imidazole rings is 1. The number of rotatable bonds is 3. The zero-order valence-corrected chi connectivity index (χ0v) is 8.77. The summed E-state index contributed by atoms with van der Waals surface area (Å²) in [4.78, 5) is 4.30. The number of nitrogens with zero attached hydrogens (tertiary/aromatic N) is 2. The Labute approximate surface area is 80.4 Å². The summed E-state index contributed by atoms with van der Waals surface area (Å²) in [6.07, 6.45) is 6.32. The maximum atomic E-state index is 4.30. The molecule has 3 heteroatoms. The summed E-state index contributed by atoms with van der Waals surface area (Å²) in [5, 5.41) is 0. The van der Waals surface area contributed by atoms with Crippen LogP contribution < -0.4 is 0 Å². The SMILES string of the molecule is CCCC(C)c1nccn1C.Cl. The standard InChI is InChI=1S/C9H16N2.ClH/c1-4-5-8(2)9-10-6-7-11(9)3;/h6-8H,4-5H2,1-3H3;1H. The smallest absolute Gasteiger partial charge is 0.111 e. The van der Waals surface area contributed by atoms with E-state index in [9.17, 15) is 0 Å². The second-order valence-corrected chi connectivity index (χ2v) is 3.09. The first-order valence-corrected chi connectivity index (χ1v) is 4.23. The zero-order chi connectivity index (χ0) is 8.27. The molecule has 1 unspecified atom stereocenters. The fourth-order valence-corrected chi connectivity index (χ4v) is 1.41. The molecule has 0 bridgehead atoms. The van der Waals surface area contributed by atoms with Crippen LogP contribution >= 0.6 is 12.4 Å². The normalized spacial score (nSPS) is 12.2. The number of hydrogen-bond acceptors (Lipinski definition) is 1. The molecule has 0 fully saturated rings. The Kier molecular flexibility index (Phi) is 4.98. The predicted molar refractivity (Wildman–Crippen MR) is 53.8 cm³/mol.